The van der Waals surface area contributed by atoms with Crippen LogP contribution in [-0.4, -0.2) is 20.3 Å². The van der Waals surface area contributed by atoms with Crippen molar-refractivity contribution in [2.24, 2.45) is 17.3 Å². The summed E-state index contributed by atoms with van der Waals surface area (Å²) < 4.78 is 11.1. The Hall–Kier alpha value is -0.760. The van der Waals surface area contributed by atoms with E-state index >= 15 is 0 Å². The van der Waals surface area contributed by atoms with Gasteiger partial charge in [0.25, 0.3) is 0 Å². The van der Waals surface area contributed by atoms with Gasteiger partial charge >= 0.3 is 0 Å². The lowest BCUT2D eigenvalue weighted by atomic mass is 9.73. The van der Waals surface area contributed by atoms with Crippen LogP contribution in [0.25, 0.3) is 0 Å². The summed E-state index contributed by atoms with van der Waals surface area (Å²) in [6.07, 6.45) is 10.4. The molecule has 1 saturated heterocycles. The van der Waals surface area contributed by atoms with E-state index in [2.05, 4.69) is 18.2 Å². The molecule has 2 fully saturated rings. The van der Waals surface area contributed by atoms with Crippen molar-refractivity contribution in [1.82, 2.24) is 0 Å². The Kier molecular flexibility index (Phi) is 2.13. The van der Waals surface area contributed by atoms with Crippen LogP contribution < -0.4 is 0 Å². The summed E-state index contributed by atoms with van der Waals surface area (Å²) in [4.78, 5) is 0. The molecule has 0 amide bonds. The van der Waals surface area contributed by atoms with Gasteiger partial charge in [0.15, 0.2) is 0 Å². The van der Waals surface area contributed by atoms with Gasteiger partial charge in [-0.15, -0.1) is 0 Å². The molecule has 0 N–H and O–H groups in total. The maximum Gasteiger partial charge on any atom is 0.0992 e. The zero-order valence-electron chi connectivity index (χ0n) is 9.24. The number of hydrogen-bond acceptors (Lipinski definition) is 2. The van der Waals surface area contributed by atoms with Crippen LogP contribution in [0.15, 0.2) is 24.0 Å². The first-order valence-corrected chi connectivity index (χ1v) is 5.86. The highest BCUT2D eigenvalue weighted by molar-refractivity contribution is 5.24. The van der Waals surface area contributed by atoms with Crippen LogP contribution in [0.4, 0.5) is 0 Å². The fourth-order valence-electron chi connectivity index (χ4n) is 3.57. The predicted octanol–water partition coefficient (Wildman–Crippen LogP) is 2.52. The fourth-order valence-corrected chi connectivity index (χ4v) is 3.57. The van der Waals surface area contributed by atoms with Crippen LogP contribution in [0.3, 0.4) is 0 Å². The van der Waals surface area contributed by atoms with Gasteiger partial charge in [0, 0.05) is 17.9 Å². The fraction of sp³-hybridized carbons (Fsp3) is 0.692. The minimum Gasteiger partial charge on any atom is -0.501 e. The Morgan fingerprint density at radius 3 is 3.13 bits per heavy atom. The smallest absolute Gasteiger partial charge is 0.0992 e. The maximum absolute atomic E-state index is 5.61. The Labute approximate surface area is 90.9 Å². The quantitative estimate of drug-likeness (QED) is 0.656. The number of methoxy groups -OCH3 is 1. The second kappa shape index (κ2) is 3.38. The lowest BCUT2D eigenvalue weighted by Gasteiger charge is -2.32. The zero-order chi connectivity index (χ0) is 10.3. The normalized spacial score (nSPS) is 43.1. The van der Waals surface area contributed by atoms with Crippen LogP contribution >= 0.6 is 0 Å². The summed E-state index contributed by atoms with van der Waals surface area (Å²) in [6, 6.07) is 0. The first-order valence-electron chi connectivity index (χ1n) is 5.86. The molecule has 1 aliphatic heterocycles. The maximum atomic E-state index is 5.61. The minimum absolute atomic E-state index is 0.430. The van der Waals surface area contributed by atoms with Crippen molar-refractivity contribution >= 4 is 0 Å². The van der Waals surface area contributed by atoms with Crippen molar-refractivity contribution in [3.63, 3.8) is 0 Å². The molecule has 2 nitrogen and oxygen atoms in total. The van der Waals surface area contributed by atoms with Crippen LogP contribution in [0, 0.1) is 17.3 Å². The first-order chi connectivity index (χ1) is 7.36. The Balaban J connectivity index is 1.90. The molecule has 82 valence electrons. The lowest BCUT2D eigenvalue weighted by Crippen LogP contribution is -2.29. The van der Waals surface area contributed by atoms with E-state index in [4.69, 9.17) is 9.47 Å². The van der Waals surface area contributed by atoms with Crippen molar-refractivity contribution in [2.45, 2.75) is 19.3 Å². The van der Waals surface area contributed by atoms with E-state index in [9.17, 15) is 0 Å². The van der Waals surface area contributed by atoms with E-state index in [1.165, 1.54) is 25.0 Å². The second-order valence-electron chi connectivity index (χ2n) is 4.99. The van der Waals surface area contributed by atoms with E-state index < -0.39 is 0 Å². The summed E-state index contributed by atoms with van der Waals surface area (Å²) in [5, 5.41) is 0. The molecule has 0 bridgehead atoms. The van der Waals surface area contributed by atoms with E-state index in [1.807, 2.05) is 0 Å². The van der Waals surface area contributed by atoms with Crippen LogP contribution in [0.2, 0.25) is 0 Å². The Morgan fingerprint density at radius 1 is 1.47 bits per heavy atom. The van der Waals surface area contributed by atoms with Gasteiger partial charge in [-0.2, -0.15) is 0 Å². The van der Waals surface area contributed by atoms with Crippen LogP contribution in [-0.2, 0) is 9.47 Å². The largest absolute Gasteiger partial charge is 0.501 e. The monoisotopic (exact) mass is 206 g/mol. The zero-order valence-corrected chi connectivity index (χ0v) is 9.24. The summed E-state index contributed by atoms with van der Waals surface area (Å²) in [6.45, 7) is 1.90. The summed E-state index contributed by atoms with van der Waals surface area (Å²) in [5.41, 5.74) is 0.430. The average molecular weight is 206 g/mol. The molecule has 2 heteroatoms. The molecule has 0 aromatic rings. The van der Waals surface area contributed by atoms with E-state index in [1.54, 1.807) is 7.11 Å². The molecule has 2 aliphatic carbocycles. The molecule has 3 aliphatic rings. The average Bonchev–Trinajstić information content (AvgIpc) is 2.89. The van der Waals surface area contributed by atoms with Gasteiger partial charge in [-0.05, 0) is 31.3 Å². The highest BCUT2D eigenvalue weighted by atomic mass is 16.5. The molecule has 3 atom stereocenters. The molecule has 1 saturated carbocycles. The van der Waals surface area contributed by atoms with Crippen molar-refractivity contribution in [2.75, 3.05) is 20.3 Å². The molecule has 3 rings (SSSR count). The van der Waals surface area contributed by atoms with Crippen molar-refractivity contribution < 1.29 is 9.47 Å². The first kappa shape index (κ1) is 9.46. The highest BCUT2D eigenvalue weighted by Gasteiger charge is 2.51. The van der Waals surface area contributed by atoms with Crippen LogP contribution in [0.5, 0.6) is 0 Å². The van der Waals surface area contributed by atoms with Gasteiger partial charge in [0.2, 0.25) is 0 Å². The number of ether oxygens (including phenoxy) is 2. The van der Waals surface area contributed by atoms with Gasteiger partial charge < -0.3 is 9.47 Å². The molecule has 0 aromatic carbocycles. The van der Waals surface area contributed by atoms with E-state index in [0.29, 0.717) is 17.3 Å². The number of rotatable bonds is 1. The number of hydrogen-bond donors (Lipinski definition) is 0. The molecule has 0 aromatic heterocycles. The second-order valence-corrected chi connectivity index (χ2v) is 4.99. The van der Waals surface area contributed by atoms with Gasteiger partial charge in [0.1, 0.15) is 0 Å². The summed E-state index contributed by atoms with van der Waals surface area (Å²) in [7, 11) is 1.79. The van der Waals surface area contributed by atoms with Crippen molar-refractivity contribution in [1.29, 1.82) is 0 Å². The molecule has 0 radical (unpaired) electrons. The van der Waals surface area contributed by atoms with Crippen LogP contribution in [0.1, 0.15) is 19.3 Å². The Bertz CT molecular complexity index is 310. The molecular weight excluding hydrogens is 188 g/mol. The topological polar surface area (TPSA) is 18.5 Å². The molecular formula is C13H18O2. The minimum atomic E-state index is 0.430. The van der Waals surface area contributed by atoms with Crippen molar-refractivity contribution in [3.8, 4) is 0 Å². The SMILES string of the molecule is COC1=CC=CC2C1CCC21CCOC1. The third-order valence-corrected chi connectivity index (χ3v) is 4.41. The van der Waals surface area contributed by atoms with Gasteiger partial charge in [-0.25, -0.2) is 0 Å². The molecule has 15 heavy (non-hydrogen) atoms. The standard InChI is InChI=1S/C13H18O2/c1-14-12-4-2-3-11-10(12)5-6-13(11)7-8-15-9-13/h2-4,10-11H,5-9H2,1H3. The van der Waals surface area contributed by atoms with E-state index in [0.717, 1.165) is 13.2 Å². The summed E-state index contributed by atoms with van der Waals surface area (Å²) >= 11 is 0. The number of fused-ring (bicyclic) bond motifs is 2. The third kappa shape index (κ3) is 1.27. The third-order valence-electron chi connectivity index (χ3n) is 4.41. The predicted molar refractivity (Wildman–Crippen MR) is 58.3 cm³/mol. The Morgan fingerprint density at radius 2 is 2.40 bits per heavy atom. The van der Waals surface area contributed by atoms with Gasteiger partial charge in [0.05, 0.1) is 19.5 Å². The van der Waals surface area contributed by atoms with Gasteiger partial charge in [-0.3, -0.25) is 0 Å². The number of allylic oxidation sites excluding steroid dienone is 4. The summed E-state index contributed by atoms with van der Waals surface area (Å²) in [5.74, 6) is 2.44. The van der Waals surface area contributed by atoms with E-state index in [-0.39, 0.29) is 0 Å². The van der Waals surface area contributed by atoms with Gasteiger partial charge in [-0.1, -0.05) is 12.2 Å². The molecule has 3 unspecified atom stereocenters. The van der Waals surface area contributed by atoms with Crippen molar-refractivity contribution in [3.05, 3.63) is 24.0 Å². The lowest BCUT2D eigenvalue weighted by molar-refractivity contribution is 0.125. The molecule has 1 spiro atoms. The highest BCUT2D eigenvalue weighted by Crippen LogP contribution is 2.55. The molecule has 1 heterocycles.